The van der Waals surface area contributed by atoms with Crippen LogP contribution in [0.1, 0.15) is 45.7 Å². The zero-order valence-corrected chi connectivity index (χ0v) is 23.3. The molecule has 0 bridgehead atoms. The molecule has 0 fully saturated rings. The van der Waals surface area contributed by atoms with Crippen LogP contribution in [0.25, 0.3) is 0 Å². The van der Waals surface area contributed by atoms with Crippen molar-refractivity contribution in [1.82, 2.24) is 0 Å². The maximum Gasteiger partial charge on any atom is 0.166 e. The summed E-state index contributed by atoms with van der Waals surface area (Å²) >= 11 is 0. The summed E-state index contributed by atoms with van der Waals surface area (Å²) in [5, 5.41) is 0. The summed E-state index contributed by atoms with van der Waals surface area (Å²) in [6.45, 7) is 4.23. The van der Waals surface area contributed by atoms with Gasteiger partial charge in [-0.05, 0) is 47.5 Å². The summed E-state index contributed by atoms with van der Waals surface area (Å²) < 4.78 is 22.8. The number of ketones is 2. The first-order valence-corrected chi connectivity index (χ1v) is 13.2. The van der Waals surface area contributed by atoms with E-state index in [2.05, 4.69) is 0 Å². The molecule has 4 aromatic rings. The number of benzene rings is 4. The molecule has 0 amide bonds. The Morgan fingerprint density at radius 3 is 1.27 bits per heavy atom. The first-order chi connectivity index (χ1) is 19.4. The third-order valence-electron chi connectivity index (χ3n) is 6.95. The Bertz CT molecular complexity index is 1320. The highest BCUT2D eigenvalue weighted by Crippen LogP contribution is 2.33. The number of ether oxygens (including phenoxy) is 4. The summed E-state index contributed by atoms with van der Waals surface area (Å²) in [7, 11) is 3.12. The van der Waals surface area contributed by atoms with Gasteiger partial charge in [-0.2, -0.15) is 0 Å². The average Bonchev–Trinajstić information content (AvgIpc) is 3.02. The number of rotatable bonds is 13. The molecule has 4 aromatic carbocycles. The van der Waals surface area contributed by atoms with Crippen LogP contribution < -0.4 is 18.9 Å². The molecule has 0 N–H and O–H groups in total. The van der Waals surface area contributed by atoms with Gasteiger partial charge in [-0.15, -0.1) is 0 Å². The quantitative estimate of drug-likeness (QED) is 0.168. The maximum absolute atomic E-state index is 13.5. The summed E-state index contributed by atoms with van der Waals surface area (Å²) in [5.74, 6) is 0.565. The smallest absolute Gasteiger partial charge is 0.166 e. The summed E-state index contributed by atoms with van der Waals surface area (Å²) in [6.07, 6.45) is 0. The van der Waals surface area contributed by atoms with Crippen molar-refractivity contribution >= 4 is 11.6 Å². The van der Waals surface area contributed by atoms with E-state index in [1.165, 1.54) is 0 Å². The Labute approximate surface area is 235 Å². The summed E-state index contributed by atoms with van der Waals surface area (Å²) in [5.41, 5.74) is 2.91. The van der Waals surface area contributed by atoms with Crippen molar-refractivity contribution in [3.05, 3.63) is 119 Å². The van der Waals surface area contributed by atoms with Crippen molar-refractivity contribution < 1.29 is 28.5 Å². The van der Waals surface area contributed by atoms with Crippen molar-refractivity contribution in [1.29, 1.82) is 0 Å². The topological polar surface area (TPSA) is 71.1 Å². The van der Waals surface area contributed by atoms with Gasteiger partial charge in [-0.3, -0.25) is 9.59 Å². The normalized spacial score (nSPS) is 12.2. The lowest BCUT2D eigenvalue weighted by Crippen LogP contribution is -2.26. The molecule has 0 heterocycles. The number of methoxy groups -OCH3 is 2. The monoisotopic (exact) mass is 538 g/mol. The van der Waals surface area contributed by atoms with Gasteiger partial charge in [0.1, 0.15) is 13.2 Å². The van der Waals surface area contributed by atoms with Gasteiger partial charge in [-0.1, -0.05) is 74.5 Å². The van der Waals surface area contributed by atoms with Crippen LogP contribution in [0.2, 0.25) is 0 Å². The third kappa shape index (κ3) is 6.89. The van der Waals surface area contributed by atoms with Crippen LogP contribution in [0.15, 0.2) is 97.1 Å². The Balaban J connectivity index is 1.48. The number of carbonyl (C=O) groups is 2. The number of hydrogen-bond donors (Lipinski definition) is 0. The molecule has 0 radical (unpaired) electrons. The van der Waals surface area contributed by atoms with E-state index in [1.807, 2.05) is 60.7 Å². The van der Waals surface area contributed by atoms with Crippen LogP contribution in [0.4, 0.5) is 0 Å². The lowest BCUT2D eigenvalue weighted by molar-refractivity contribution is 0.0793. The first kappa shape index (κ1) is 28.4. The van der Waals surface area contributed by atoms with Gasteiger partial charge in [0.15, 0.2) is 34.6 Å². The fourth-order valence-electron chi connectivity index (χ4n) is 4.34. The molecular weight excluding hydrogens is 504 g/mol. The van der Waals surface area contributed by atoms with E-state index in [4.69, 9.17) is 18.9 Å². The second-order valence-electron chi connectivity index (χ2n) is 9.59. The van der Waals surface area contributed by atoms with E-state index in [0.717, 1.165) is 11.1 Å². The fourth-order valence-corrected chi connectivity index (χ4v) is 4.34. The largest absolute Gasteiger partial charge is 0.493 e. The molecule has 2 unspecified atom stereocenters. The van der Waals surface area contributed by atoms with Gasteiger partial charge in [0, 0.05) is 23.0 Å². The molecule has 0 saturated heterocycles. The van der Waals surface area contributed by atoms with E-state index >= 15 is 0 Å². The summed E-state index contributed by atoms with van der Waals surface area (Å²) in [6, 6.07) is 29.7. The minimum atomic E-state index is -0.571. The molecule has 0 spiro atoms. The molecule has 2 atom stereocenters. The molecule has 0 aromatic heterocycles. The molecule has 0 aliphatic heterocycles. The lowest BCUT2D eigenvalue weighted by Gasteiger charge is -2.20. The number of hydrogen-bond acceptors (Lipinski definition) is 6. The van der Waals surface area contributed by atoms with Crippen molar-refractivity contribution in [3.63, 3.8) is 0 Å². The third-order valence-corrected chi connectivity index (χ3v) is 6.95. The zero-order valence-electron chi connectivity index (χ0n) is 23.3. The Morgan fingerprint density at radius 1 is 0.550 bits per heavy atom. The van der Waals surface area contributed by atoms with E-state index < -0.39 is 11.8 Å². The van der Waals surface area contributed by atoms with Gasteiger partial charge >= 0.3 is 0 Å². The Morgan fingerprint density at radius 2 is 0.925 bits per heavy atom. The fraction of sp³-hybridized carbons (Fsp3) is 0.235. The first-order valence-electron chi connectivity index (χ1n) is 13.2. The van der Waals surface area contributed by atoms with Crippen LogP contribution in [-0.2, 0) is 13.2 Å². The minimum Gasteiger partial charge on any atom is -0.493 e. The molecule has 6 heteroatoms. The van der Waals surface area contributed by atoms with E-state index in [0.29, 0.717) is 47.3 Å². The highest BCUT2D eigenvalue weighted by molar-refractivity contribution is 6.05. The van der Waals surface area contributed by atoms with Crippen molar-refractivity contribution in [2.75, 3.05) is 14.2 Å². The molecule has 0 saturated carbocycles. The predicted octanol–water partition coefficient (Wildman–Crippen LogP) is 7.20. The zero-order chi connectivity index (χ0) is 28.5. The molecule has 6 nitrogen and oxygen atoms in total. The molecular formula is C34H34O6. The van der Waals surface area contributed by atoms with Gasteiger partial charge in [0.25, 0.3) is 0 Å². The second-order valence-corrected chi connectivity index (χ2v) is 9.59. The Kier molecular flexibility index (Phi) is 9.57. The van der Waals surface area contributed by atoms with Crippen molar-refractivity contribution in [2.24, 2.45) is 11.8 Å². The van der Waals surface area contributed by atoms with Gasteiger partial charge in [0.2, 0.25) is 0 Å². The standard InChI is InChI=1S/C34H34O6/c1-23(33(35)27-15-17-29(37-3)31(19-27)39-21-25-11-7-5-8-12-25)24(2)34(36)28-16-18-30(38-4)32(20-28)40-22-26-13-9-6-10-14-26/h5-20,23-24H,21-22H2,1-4H3. The van der Waals surface area contributed by atoms with Crippen molar-refractivity contribution in [3.8, 4) is 23.0 Å². The Hall–Kier alpha value is -4.58. The molecule has 40 heavy (non-hydrogen) atoms. The van der Waals surface area contributed by atoms with E-state index in [-0.39, 0.29) is 11.6 Å². The van der Waals surface area contributed by atoms with Gasteiger partial charge in [0.05, 0.1) is 14.2 Å². The number of Topliss-reactive ketones (excluding diaryl/α,β-unsaturated/α-hetero) is 2. The van der Waals surface area contributed by atoms with Crippen LogP contribution in [0, 0.1) is 11.8 Å². The maximum atomic E-state index is 13.5. The van der Waals surface area contributed by atoms with E-state index in [9.17, 15) is 9.59 Å². The highest BCUT2D eigenvalue weighted by Gasteiger charge is 2.29. The lowest BCUT2D eigenvalue weighted by atomic mass is 9.83. The average molecular weight is 539 g/mol. The SMILES string of the molecule is COc1ccc(C(=O)C(C)C(C)C(=O)c2ccc(OC)c(OCc3ccccc3)c2)cc1OCc1ccccc1. The second kappa shape index (κ2) is 13.5. The highest BCUT2D eigenvalue weighted by atomic mass is 16.5. The predicted molar refractivity (Wildman–Crippen MR) is 155 cm³/mol. The molecule has 206 valence electrons. The molecule has 0 aliphatic carbocycles. The van der Waals surface area contributed by atoms with Crippen LogP contribution in [0.5, 0.6) is 23.0 Å². The van der Waals surface area contributed by atoms with Crippen LogP contribution >= 0.6 is 0 Å². The van der Waals surface area contributed by atoms with Crippen LogP contribution in [-0.4, -0.2) is 25.8 Å². The minimum absolute atomic E-state index is 0.151. The molecule has 0 aliphatic rings. The van der Waals surface area contributed by atoms with E-state index in [1.54, 1.807) is 64.5 Å². The molecule has 4 rings (SSSR count). The van der Waals surface area contributed by atoms with Gasteiger partial charge in [-0.25, -0.2) is 0 Å². The number of carbonyl (C=O) groups excluding carboxylic acids is 2. The van der Waals surface area contributed by atoms with Crippen LogP contribution in [0.3, 0.4) is 0 Å². The van der Waals surface area contributed by atoms with Crippen molar-refractivity contribution in [2.45, 2.75) is 27.1 Å². The van der Waals surface area contributed by atoms with Gasteiger partial charge < -0.3 is 18.9 Å². The summed E-state index contributed by atoms with van der Waals surface area (Å²) in [4.78, 5) is 27.0.